The molecule has 7 nitrogen and oxygen atoms in total. The lowest BCUT2D eigenvalue weighted by Gasteiger charge is -2.31. The minimum Gasteiger partial charge on any atom is -0.497 e. The third-order valence-corrected chi connectivity index (χ3v) is 9.05. The lowest BCUT2D eigenvalue weighted by molar-refractivity contribution is 0.174. The monoisotopic (exact) mass is 602 g/mol. The van der Waals surface area contributed by atoms with Crippen molar-refractivity contribution in [1.82, 2.24) is 4.57 Å². The number of nitrogens with zero attached hydrogens (tertiary/aromatic N) is 2. The Bertz CT molecular complexity index is 1870. The molecule has 3 aromatic carbocycles. The predicted molar refractivity (Wildman–Crippen MR) is 153 cm³/mol. The third kappa shape index (κ3) is 3.91. The average molecular weight is 603 g/mol. The molecule has 3 aliphatic rings. The number of hydrogen-bond donors (Lipinski definition) is 0. The number of halogens is 1. The van der Waals surface area contributed by atoms with Gasteiger partial charge in [0.1, 0.15) is 11.5 Å². The molecule has 0 saturated carbocycles. The van der Waals surface area contributed by atoms with Crippen molar-refractivity contribution in [2.45, 2.75) is 18.9 Å². The fourth-order valence-corrected chi connectivity index (χ4v) is 6.97. The van der Waals surface area contributed by atoms with Gasteiger partial charge in [0.25, 0.3) is 5.56 Å². The molecule has 0 radical (unpaired) electrons. The van der Waals surface area contributed by atoms with E-state index in [4.69, 9.17) is 23.9 Å². The van der Waals surface area contributed by atoms with Crippen molar-refractivity contribution in [1.29, 1.82) is 0 Å². The summed E-state index contributed by atoms with van der Waals surface area (Å²) in [5.74, 6) is 2.73. The van der Waals surface area contributed by atoms with Crippen LogP contribution in [0.3, 0.4) is 0 Å². The summed E-state index contributed by atoms with van der Waals surface area (Å²) in [7, 11) is 3.29. The van der Waals surface area contributed by atoms with Gasteiger partial charge in [-0.1, -0.05) is 51.5 Å². The second kappa shape index (κ2) is 9.43. The van der Waals surface area contributed by atoms with Crippen molar-refractivity contribution in [2.75, 3.05) is 21.0 Å². The summed E-state index contributed by atoms with van der Waals surface area (Å²) >= 11 is 5.00. The Balaban J connectivity index is 1.50. The van der Waals surface area contributed by atoms with E-state index in [1.54, 1.807) is 18.8 Å². The first-order valence-corrected chi connectivity index (χ1v) is 14.1. The zero-order valence-corrected chi connectivity index (χ0v) is 23.6. The number of thiazole rings is 1. The van der Waals surface area contributed by atoms with E-state index >= 15 is 0 Å². The normalized spacial score (nSPS) is 17.3. The standard InChI is InChI=1S/C30H23BrN2O5S/c1-35-18-8-10-23(36-2)21(13-18)28-20-9-7-16-5-3-4-6-19(16)27(20)32-30-33(28)29(34)26(39-30)12-17-11-24-25(14-22(17)31)38-15-37-24/h3-6,8,10-14,28H,7,9,15H2,1-2H3/b26-12-/t28-/m1/s1. The molecule has 196 valence electrons. The molecule has 2 aliphatic heterocycles. The fraction of sp³-hybridized carbons (Fsp3) is 0.200. The highest BCUT2D eigenvalue weighted by atomic mass is 79.9. The largest absolute Gasteiger partial charge is 0.497 e. The summed E-state index contributed by atoms with van der Waals surface area (Å²) in [6.45, 7) is 0.183. The van der Waals surface area contributed by atoms with Gasteiger partial charge in [-0.3, -0.25) is 9.36 Å². The Labute approximate surface area is 236 Å². The van der Waals surface area contributed by atoms with E-state index in [0.29, 0.717) is 32.3 Å². The molecule has 0 spiro atoms. The van der Waals surface area contributed by atoms with Crippen LogP contribution in [0, 0.1) is 0 Å². The molecule has 9 heteroatoms. The van der Waals surface area contributed by atoms with Crippen molar-refractivity contribution in [3.8, 4) is 23.0 Å². The van der Waals surface area contributed by atoms with Gasteiger partial charge in [-0.25, -0.2) is 4.99 Å². The van der Waals surface area contributed by atoms with E-state index in [-0.39, 0.29) is 18.4 Å². The Morgan fingerprint density at radius 3 is 2.69 bits per heavy atom. The number of methoxy groups -OCH3 is 2. The topological polar surface area (TPSA) is 71.3 Å². The maximum atomic E-state index is 14.1. The van der Waals surface area contributed by atoms with Crippen LogP contribution in [0.2, 0.25) is 0 Å². The molecule has 1 aromatic heterocycles. The van der Waals surface area contributed by atoms with Gasteiger partial charge in [-0.05, 0) is 65.9 Å². The Morgan fingerprint density at radius 1 is 1.05 bits per heavy atom. The number of hydrogen-bond acceptors (Lipinski definition) is 7. The van der Waals surface area contributed by atoms with Gasteiger partial charge in [-0.15, -0.1) is 0 Å². The molecule has 3 heterocycles. The van der Waals surface area contributed by atoms with E-state index in [9.17, 15) is 4.79 Å². The zero-order chi connectivity index (χ0) is 26.7. The van der Waals surface area contributed by atoms with Gasteiger partial charge in [0.2, 0.25) is 6.79 Å². The highest BCUT2D eigenvalue weighted by Gasteiger charge is 2.34. The lowest BCUT2D eigenvalue weighted by Crippen LogP contribution is -2.39. The smallest absolute Gasteiger partial charge is 0.271 e. The summed E-state index contributed by atoms with van der Waals surface area (Å²) in [4.78, 5) is 19.9. The van der Waals surface area contributed by atoms with E-state index < -0.39 is 0 Å². The van der Waals surface area contributed by atoms with Crippen LogP contribution in [-0.4, -0.2) is 25.6 Å². The van der Waals surface area contributed by atoms with Crippen molar-refractivity contribution < 1.29 is 18.9 Å². The summed E-state index contributed by atoms with van der Waals surface area (Å²) in [5.41, 5.74) is 6.00. The van der Waals surface area contributed by atoms with E-state index in [1.165, 1.54) is 16.9 Å². The first-order valence-electron chi connectivity index (χ1n) is 12.5. The van der Waals surface area contributed by atoms with Gasteiger partial charge in [-0.2, -0.15) is 0 Å². The van der Waals surface area contributed by atoms with Crippen LogP contribution in [0.25, 0.3) is 11.8 Å². The minimum atomic E-state index is -0.378. The van der Waals surface area contributed by atoms with Gasteiger partial charge in [0.05, 0.1) is 30.5 Å². The molecule has 0 saturated heterocycles. The van der Waals surface area contributed by atoms with Gasteiger partial charge < -0.3 is 18.9 Å². The molecule has 0 N–H and O–H groups in total. The number of allylic oxidation sites excluding steroid dienone is 1. The zero-order valence-electron chi connectivity index (χ0n) is 21.2. The van der Waals surface area contributed by atoms with E-state index in [1.807, 2.05) is 42.5 Å². The van der Waals surface area contributed by atoms with Crippen LogP contribution in [0.5, 0.6) is 23.0 Å². The lowest BCUT2D eigenvalue weighted by atomic mass is 9.83. The number of benzene rings is 3. The summed E-state index contributed by atoms with van der Waals surface area (Å²) < 4.78 is 25.6. The summed E-state index contributed by atoms with van der Waals surface area (Å²) in [5, 5.41) is 0. The van der Waals surface area contributed by atoms with Crippen molar-refractivity contribution in [2.24, 2.45) is 4.99 Å². The summed E-state index contributed by atoms with van der Waals surface area (Å²) in [6.07, 6.45) is 3.55. The maximum absolute atomic E-state index is 14.1. The highest BCUT2D eigenvalue weighted by Crippen LogP contribution is 2.44. The van der Waals surface area contributed by atoms with E-state index in [0.717, 1.165) is 45.3 Å². The fourth-order valence-electron chi connectivity index (χ4n) is 5.54. The van der Waals surface area contributed by atoms with Gasteiger partial charge in [0.15, 0.2) is 16.3 Å². The quantitative estimate of drug-likeness (QED) is 0.335. The Morgan fingerprint density at radius 2 is 1.87 bits per heavy atom. The van der Waals surface area contributed by atoms with Crippen molar-refractivity contribution >= 4 is 39.0 Å². The predicted octanol–water partition coefficient (Wildman–Crippen LogP) is 4.83. The molecule has 1 atom stereocenters. The molecule has 0 bridgehead atoms. The maximum Gasteiger partial charge on any atom is 0.271 e. The van der Waals surface area contributed by atoms with Crippen molar-refractivity contribution in [3.63, 3.8) is 0 Å². The van der Waals surface area contributed by atoms with Gasteiger partial charge >= 0.3 is 0 Å². The highest BCUT2D eigenvalue weighted by molar-refractivity contribution is 9.10. The van der Waals surface area contributed by atoms with E-state index in [2.05, 4.69) is 34.1 Å². The van der Waals surface area contributed by atoms with Crippen LogP contribution in [-0.2, 0) is 6.42 Å². The van der Waals surface area contributed by atoms with Crippen LogP contribution in [0.4, 0.5) is 0 Å². The molecule has 1 aliphatic carbocycles. The first-order chi connectivity index (χ1) is 19.1. The SMILES string of the molecule is COc1ccc(OC)c([C@H]2C3=C(N=c4s/c(=C\c5cc6c(cc5Br)OCO6)c(=O)n42)c2ccccc2CC3)c1. The molecule has 0 fully saturated rings. The van der Waals surface area contributed by atoms with Crippen LogP contribution in [0.1, 0.15) is 34.7 Å². The Hall–Kier alpha value is -3.82. The molecule has 39 heavy (non-hydrogen) atoms. The molecule has 0 amide bonds. The number of aromatic nitrogens is 1. The number of aryl methyl sites for hydroxylation is 1. The number of fused-ring (bicyclic) bond motifs is 4. The first kappa shape index (κ1) is 24.2. The molecule has 7 rings (SSSR count). The van der Waals surface area contributed by atoms with Crippen LogP contribution in [0.15, 0.2) is 74.4 Å². The molecule has 4 aromatic rings. The number of ether oxygens (including phenoxy) is 4. The van der Waals surface area contributed by atoms with Crippen LogP contribution >= 0.6 is 27.3 Å². The Kier molecular flexibility index (Phi) is 5.86. The minimum absolute atomic E-state index is 0.108. The van der Waals surface area contributed by atoms with Crippen molar-refractivity contribution in [3.05, 3.63) is 107 Å². The molecule has 0 unspecified atom stereocenters. The van der Waals surface area contributed by atoms with Gasteiger partial charge in [0, 0.05) is 15.6 Å². The number of rotatable bonds is 4. The second-order valence-electron chi connectivity index (χ2n) is 9.45. The van der Waals surface area contributed by atoms with Crippen LogP contribution < -0.4 is 33.8 Å². The second-order valence-corrected chi connectivity index (χ2v) is 11.3. The average Bonchev–Trinajstić information content (AvgIpc) is 3.54. The summed E-state index contributed by atoms with van der Waals surface area (Å²) in [6, 6.07) is 17.5. The third-order valence-electron chi connectivity index (χ3n) is 7.38. The molecular formula is C30H23BrN2O5S. The molecular weight excluding hydrogens is 580 g/mol.